The summed E-state index contributed by atoms with van der Waals surface area (Å²) in [5.41, 5.74) is 0.390. The molecule has 0 amide bonds. The van der Waals surface area contributed by atoms with E-state index in [1.165, 1.54) is 42.5 Å². The number of hydrogen-bond donors (Lipinski definition) is 13. The summed E-state index contributed by atoms with van der Waals surface area (Å²) in [5, 5.41) is 136. The number of benzene rings is 3. The van der Waals surface area contributed by atoms with Crippen LogP contribution in [0.4, 0.5) is 0 Å². The van der Waals surface area contributed by atoms with Gasteiger partial charge in [-0.1, -0.05) is 12.1 Å². The number of fused-ring (bicyclic) bond motifs is 1. The molecule has 14 atom stereocenters. The van der Waals surface area contributed by atoms with Crippen molar-refractivity contribution >= 4 is 23.0 Å². The SMILES string of the molecule is O=C(C=Cc1ccc(O)cc1)OC[C@H]1O[C@@H](Oc2cc3c(O[C@@H]4O[C@H](CO)[C@@H](O)[C@H](O)[C@H]4O)cc(O)cc3[o+]c2-c2ccc(O)c(O)c2)[C@H](O[C@@H]2OC[C@@H](O)[C@H](O)[C@H]2O)[C@@H](O)[C@@H]1O. The minimum Gasteiger partial charge on any atom is -0.508 e. The molecule has 22 nitrogen and oxygen atoms in total. The standard InChI is InChI=1S/C41H44O22/c42-13-27-31(50)33(52)36(55)40(61-27)59-25-11-19(44)10-24-20(25)12-26(37(58-24)17-4-7-21(45)22(46)9-17)60-41-38(63-39-35(54)30(49)23(47)14-57-39)34(53)32(51)28(62-41)15-56-29(48)8-3-16-1-5-18(43)6-2-16/h1-12,23,27-28,30-36,38-42,47,49-55H,13-15H2,(H3-,43,44,45,46,48)/p+1/t23-,27-,28-,30+,31-,32-,33+,34+,35-,36-,38-,39+,40-,41-/m1/s1. The van der Waals surface area contributed by atoms with Gasteiger partial charge in [0, 0.05) is 24.3 Å². The number of carbonyl (C=O) groups excluding carboxylic acids is 1. The molecule has 3 fully saturated rings. The Labute approximate surface area is 355 Å². The number of aliphatic hydroxyl groups excluding tert-OH is 9. The first-order valence-corrected chi connectivity index (χ1v) is 19.3. The van der Waals surface area contributed by atoms with Gasteiger partial charge < -0.3 is 99.5 Å². The Morgan fingerprint density at radius 3 is 2.08 bits per heavy atom. The van der Waals surface area contributed by atoms with Gasteiger partial charge in [0.05, 0.1) is 24.8 Å². The second-order valence-corrected chi connectivity index (χ2v) is 14.9. The van der Waals surface area contributed by atoms with Crippen molar-refractivity contribution in [2.24, 2.45) is 0 Å². The highest BCUT2D eigenvalue weighted by atomic mass is 16.8. The van der Waals surface area contributed by atoms with Crippen LogP contribution in [0.3, 0.4) is 0 Å². The van der Waals surface area contributed by atoms with Gasteiger partial charge in [-0.3, -0.25) is 0 Å². The minimum atomic E-state index is -2.00. The molecule has 13 N–H and O–H groups in total. The van der Waals surface area contributed by atoms with Crippen molar-refractivity contribution in [1.29, 1.82) is 0 Å². The highest BCUT2D eigenvalue weighted by Crippen LogP contribution is 2.43. The van der Waals surface area contributed by atoms with E-state index in [1.807, 2.05) is 0 Å². The van der Waals surface area contributed by atoms with E-state index in [0.717, 1.165) is 30.3 Å². The lowest BCUT2D eigenvalue weighted by Crippen LogP contribution is -2.64. The molecular formula is C41H45O22+. The molecule has 0 bridgehead atoms. The molecule has 4 heterocycles. The lowest BCUT2D eigenvalue weighted by Gasteiger charge is -2.44. The van der Waals surface area contributed by atoms with Crippen molar-refractivity contribution in [3.63, 3.8) is 0 Å². The van der Waals surface area contributed by atoms with Gasteiger partial charge >= 0.3 is 17.3 Å². The number of esters is 1. The molecule has 340 valence electrons. The average molecular weight is 890 g/mol. The molecule has 3 saturated heterocycles. The van der Waals surface area contributed by atoms with Gasteiger partial charge in [0.2, 0.25) is 18.3 Å². The molecule has 4 aromatic rings. The maximum atomic E-state index is 12.7. The van der Waals surface area contributed by atoms with Gasteiger partial charge in [-0.2, -0.15) is 0 Å². The Morgan fingerprint density at radius 1 is 0.683 bits per heavy atom. The van der Waals surface area contributed by atoms with Gasteiger partial charge in [-0.15, -0.1) is 0 Å². The van der Waals surface area contributed by atoms with E-state index in [-0.39, 0.29) is 39.5 Å². The van der Waals surface area contributed by atoms with E-state index in [2.05, 4.69) is 0 Å². The number of carbonyl (C=O) groups is 1. The first-order valence-electron chi connectivity index (χ1n) is 19.3. The third-order valence-electron chi connectivity index (χ3n) is 10.5. The number of aliphatic hydroxyl groups is 9. The maximum absolute atomic E-state index is 12.7. The Morgan fingerprint density at radius 2 is 1.37 bits per heavy atom. The molecular weight excluding hydrogens is 844 g/mol. The van der Waals surface area contributed by atoms with E-state index in [0.29, 0.717) is 5.56 Å². The van der Waals surface area contributed by atoms with E-state index in [9.17, 15) is 71.2 Å². The Kier molecular flexibility index (Phi) is 13.8. The van der Waals surface area contributed by atoms with Crippen molar-refractivity contribution in [2.75, 3.05) is 19.8 Å². The van der Waals surface area contributed by atoms with Crippen LogP contribution in [0, 0.1) is 0 Å². The quantitative estimate of drug-likeness (QED) is 0.0326. The Balaban J connectivity index is 1.26. The van der Waals surface area contributed by atoms with E-state index in [1.54, 1.807) is 0 Å². The monoisotopic (exact) mass is 889 g/mol. The third-order valence-corrected chi connectivity index (χ3v) is 10.5. The average Bonchev–Trinajstić information content (AvgIpc) is 3.26. The van der Waals surface area contributed by atoms with Crippen LogP contribution >= 0.6 is 0 Å². The number of ether oxygens (including phenoxy) is 7. The molecule has 7 rings (SSSR count). The molecule has 22 heteroatoms. The zero-order valence-corrected chi connectivity index (χ0v) is 32.6. The highest BCUT2D eigenvalue weighted by Gasteiger charge is 2.51. The zero-order valence-electron chi connectivity index (χ0n) is 32.6. The van der Waals surface area contributed by atoms with Gasteiger partial charge in [0.15, 0.2) is 23.9 Å². The molecule has 3 aliphatic heterocycles. The smallest absolute Gasteiger partial charge is 0.402 e. The zero-order chi connectivity index (χ0) is 45.3. The molecule has 3 aromatic carbocycles. The van der Waals surface area contributed by atoms with Crippen LogP contribution in [-0.4, -0.2) is 178 Å². The summed E-state index contributed by atoms with van der Waals surface area (Å²) >= 11 is 0. The Bertz CT molecular complexity index is 2250. The van der Waals surface area contributed by atoms with Crippen molar-refractivity contribution < 1.29 is 109 Å². The second kappa shape index (κ2) is 19.1. The van der Waals surface area contributed by atoms with E-state index in [4.69, 9.17) is 37.6 Å². The molecule has 0 aliphatic carbocycles. The van der Waals surface area contributed by atoms with Crippen LogP contribution in [0.1, 0.15) is 5.56 Å². The summed E-state index contributed by atoms with van der Waals surface area (Å²) in [6.07, 6.45) is -22.3. The van der Waals surface area contributed by atoms with Crippen molar-refractivity contribution in [3.05, 3.63) is 72.3 Å². The van der Waals surface area contributed by atoms with Crippen LogP contribution < -0.4 is 9.47 Å². The first-order chi connectivity index (χ1) is 30.0. The summed E-state index contributed by atoms with van der Waals surface area (Å²) in [6, 6.07) is 12.7. The number of hydrogen-bond acceptors (Lipinski definition) is 21. The lowest BCUT2D eigenvalue weighted by atomic mass is 9.98. The van der Waals surface area contributed by atoms with Gasteiger partial charge in [-0.25, -0.2) is 9.21 Å². The fraction of sp³-hybridized carbons (Fsp3) is 0.415. The predicted octanol–water partition coefficient (Wildman–Crippen LogP) is -1.71. The predicted molar refractivity (Wildman–Crippen MR) is 207 cm³/mol. The van der Waals surface area contributed by atoms with Crippen LogP contribution in [0.15, 0.2) is 71.2 Å². The number of rotatable bonds is 12. The Hall–Kier alpha value is -5.44. The molecule has 1 aromatic heterocycles. The summed E-state index contributed by atoms with van der Waals surface area (Å²) < 4.78 is 46.4. The number of aromatic hydroxyl groups is 4. The van der Waals surface area contributed by atoms with Crippen molar-refractivity contribution in [3.8, 4) is 45.8 Å². The van der Waals surface area contributed by atoms with Crippen LogP contribution in [0.2, 0.25) is 0 Å². The maximum Gasteiger partial charge on any atom is 0.402 e. The normalized spacial score (nSPS) is 32.4. The summed E-state index contributed by atoms with van der Waals surface area (Å²) in [7, 11) is 0. The van der Waals surface area contributed by atoms with E-state index < -0.39 is 129 Å². The fourth-order valence-electron chi connectivity index (χ4n) is 6.94. The largest absolute Gasteiger partial charge is 0.508 e. The van der Waals surface area contributed by atoms with Gasteiger partial charge in [0.1, 0.15) is 90.3 Å². The van der Waals surface area contributed by atoms with Gasteiger partial charge in [-0.05, 0) is 35.9 Å². The summed E-state index contributed by atoms with van der Waals surface area (Å²) in [4.78, 5) is 12.7. The van der Waals surface area contributed by atoms with Gasteiger partial charge in [0.25, 0.3) is 0 Å². The first kappa shape index (κ1) is 45.6. The topological polar surface area (TPSA) is 356 Å². The molecule has 0 spiro atoms. The fourth-order valence-corrected chi connectivity index (χ4v) is 6.94. The third kappa shape index (κ3) is 9.88. The summed E-state index contributed by atoms with van der Waals surface area (Å²) in [6.45, 7) is -2.01. The van der Waals surface area contributed by atoms with Crippen LogP contribution in [0.25, 0.3) is 28.4 Å². The second-order valence-electron chi connectivity index (χ2n) is 14.9. The minimum absolute atomic E-state index is 0.000881. The van der Waals surface area contributed by atoms with E-state index >= 15 is 0 Å². The number of phenolic OH excluding ortho intramolecular Hbond substituents is 4. The molecule has 0 unspecified atom stereocenters. The summed E-state index contributed by atoms with van der Waals surface area (Å²) in [5.74, 6) is -3.43. The van der Waals surface area contributed by atoms with Crippen molar-refractivity contribution in [1.82, 2.24) is 0 Å². The lowest BCUT2D eigenvalue weighted by molar-refractivity contribution is -0.345. The van der Waals surface area contributed by atoms with Crippen molar-refractivity contribution in [2.45, 2.75) is 86.0 Å². The highest BCUT2D eigenvalue weighted by molar-refractivity contribution is 5.89. The molecule has 63 heavy (non-hydrogen) atoms. The van der Waals surface area contributed by atoms with Crippen LogP contribution in [0.5, 0.6) is 34.5 Å². The van der Waals surface area contributed by atoms with Crippen LogP contribution in [-0.2, 0) is 28.5 Å². The molecule has 3 aliphatic rings. The molecule has 0 saturated carbocycles. The molecule has 0 radical (unpaired) electrons. The number of phenols is 4.